The van der Waals surface area contributed by atoms with Crippen molar-refractivity contribution >= 4 is 16.9 Å². The van der Waals surface area contributed by atoms with Crippen LogP contribution in [0.5, 0.6) is 5.75 Å². The van der Waals surface area contributed by atoms with Crippen LogP contribution < -0.4 is 4.74 Å². The number of aromatic nitrogens is 3. The third kappa shape index (κ3) is 3.32. The van der Waals surface area contributed by atoms with Gasteiger partial charge in [-0.3, -0.25) is 4.79 Å². The molecule has 0 saturated heterocycles. The molecule has 0 amide bonds. The average molecular weight is 343 g/mol. The van der Waals surface area contributed by atoms with Gasteiger partial charge in [0, 0.05) is 12.0 Å². The van der Waals surface area contributed by atoms with Gasteiger partial charge in [-0.2, -0.15) is 4.68 Å². The SMILES string of the molecule is O=C(c1cccc(OCCc2ccccc2)c1)n1nnc2ccccc21. The first-order valence-electron chi connectivity index (χ1n) is 8.43. The fourth-order valence-electron chi connectivity index (χ4n) is 2.79. The summed E-state index contributed by atoms with van der Waals surface area (Å²) in [7, 11) is 0. The van der Waals surface area contributed by atoms with Gasteiger partial charge < -0.3 is 4.74 Å². The van der Waals surface area contributed by atoms with E-state index in [0.29, 0.717) is 29.0 Å². The van der Waals surface area contributed by atoms with E-state index in [-0.39, 0.29) is 5.91 Å². The Morgan fingerprint density at radius 2 is 1.73 bits per heavy atom. The van der Waals surface area contributed by atoms with Crippen LogP contribution in [-0.2, 0) is 6.42 Å². The second-order valence-electron chi connectivity index (χ2n) is 5.91. The normalized spacial score (nSPS) is 10.8. The lowest BCUT2D eigenvalue weighted by atomic mass is 10.1. The van der Waals surface area contributed by atoms with Crippen LogP contribution in [-0.4, -0.2) is 27.5 Å². The number of nitrogens with zero attached hydrogens (tertiary/aromatic N) is 3. The van der Waals surface area contributed by atoms with E-state index in [1.165, 1.54) is 10.2 Å². The van der Waals surface area contributed by atoms with Crippen LogP contribution in [0, 0.1) is 0 Å². The van der Waals surface area contributed by atoms with E-state index < -0.39 is 0 Å². The maximum Gasteiger partial charge on any atom is 0.280 e. The molecular weight excluding hydrogens is 326 g/mol. The van der Waals surface area contributed by atoms with Crippen molar-refractivity contribution in [3.8, 4) is 5.75 Å². The Kier molecular flexibility index (Phi) is 4.43. The quantitative estimate of drug-likeness (QED) is 0.554. The zero-order valence-electron chi connectivity index (χ0n) is 14.1. The van der Waals surface area contributed by atoms with Crippen LogP contribution in [0.4, 0.5) is 0 Å². The molecule has 1 heterocycles. The van der Waals surface area contributed by atoms with Gasteiger partial charge in [0.1, 0.15) is 11.3 Å². The van der Waals surface area contributed by atoms with Gasteiger partial charge in [0.15, 0.2) is 0 Å². The molecule has 3 aromatic carbocycles. The maximum absolute atomic E-state index is 12.8. The Morgan fingerprint density at radius 3 is 2.62 bits per heavy atom. The molecule has 0 spiro atoms. The molecule has 0 aliphatic rings. The minimum atomic E-state index is -0.229. The van der Waals surface area contributed by atoms with Crippen LogP contribution in [0.25, 0.3) is 11.0 Å². The van der Waals surface area contributed by atoms with Crippen molar-refractivity contribution in [1.29, 1.82) is 0 Å². The fraction of sp³-hybridized carbons (Fsp3) is 0.0952. The third-order valence-corrected chi connectivity index (χ3v) is 4.13. The van der Waals surface area contributed by atoms with E-state index in [4.69, 9.17) is 4.74 Å². The van der Waals surface area contributed by atoms with E-state index in [9.17, 15) is 4.79 Å². The van der Waals surface area contributed by atoms with Gasteiger partial charge in [-0.25, -0.2) is 0 Å². The zero-order chi connectivity index (χ0) is 17.8. The molecule has 0 radical (unpaired) electrons. The molecule has 4 rings (SSSR count). The predicted octanol–water partition coefficient (Wildman–Crippen LogP) is 3.74. The first-order chi connectivity index (χ1) is 12.8. The number of hydrogen-bond acceptors (Lipinski definition) is 4. The number of fused-ring (bicyclic) bond motifs is 1. The summed E-state index contributed by atoms with van der Waals surface area (Å²) in [5.41, 5.74) is 3.11. The molecule has 4 aromatic rings. The van der Waals surface area contributed by atoms with Gasteiger partial charge in [-0.1, -0.05) is 53.7 Å². The van der Waals surface area contributed by atoms with Crippen molar-refractivity contribution in [1.82, 2.24) is 15.0 Å². The predicted molar refractivity (Wildman–Crippen MR) is 99.3 cm³/mol. The van der Waals surface area contributed by atoms with Crippen LogP contribution >= 0.6 is 0 Å². The maximum atomic E-state index is 12.8. The smallest absolute Gasteiger partial charge is 0.280 e. The molecule has 0 bridgehead atoms. The van der Waals surface area contributed by atoms with Gasteiger partial charge in [0.25, 0.3) is 5.91 Å². The Balaban J connectivity index is 1.49. The van der Waals surface area contributed by atoms with Gasteiger partial charge in [-0.15, -0.1) is 5.10 Å². The first-order valence-corrected chi connectivity index (χ1v) is 8.43. The Morgan fingerprint density at radius 1 is 0.923 bits per heavy atom. The molecular formula is C21H17N3O2. The second kappa shape index (κ2) is 7.19. The molecule has 26 heavy (non-hydrogen) atoms. The Labute approximate surface area is 150 Å². The molecule has 128 valence electrons. The van der Waals surface area contributed by atoms with Gasteiger partial charge in [0.05, 0.1) is 12.1 Å². The summed E-state index contributed by atoms with van der Waals surface area (Å²) in [4.78, 5) is 12.8. The molecule has 0 aliphatic heterocycles. The van der Waals surface area contributed by atoms with Crippen LogP contribution in [0.3, 0.4) is 0 Å². The van der Waals surface area contributed by atoms with Gasteiger partial charge in [-0.05, 0) is 35.9 Å². The fourth-order valence-corrected chi connectivity index (χ4v) is 2.79. The number of benzene rings is 3. The van der Waals surface area contributed by atoms with Crippen LogP contribution in [0.15, 0.2) is 78.9 Å². The van der Waals surface area contributed by atoms with Crippen molar-refractivity contribution in [2.45, 2.75) is 6.42 Å². The Hall–Kier alpha value is -3.47. The lowest BCUT2D eigenvalue weighted by Gasteiger charge is -2.08. The van der Waals surface area contributed by atoms with Crippen molar-refractivity contribution in [2.75, 3.05) is 6.61 Å². The summed E-state index contributed by atoms with van der Waals surface area (Å²) in [5.74, 6) is 0.434. The lowest BCUT2D eigenvalue weighted by molar-refractivity contribution is 0.0947. The van der Waals surface area contributed by atoms with Crippen molar-refractivity contribution in [3.05, 3.63) is 90.0 Å². The summed E-state index contributed by atoms with van der Waals surface area (Å²) < 4.78 is 7.13. The number of rotatable bonds is 5. The summed E-state index contributed by atoms with van der Waals surface area (Å²) in [5, 5.41) is 8.01. The molecule has 5 heteroatoms. The second-order valence-corrected chi connectivity index (χ2v) is 5.91. The first kappa shape index (κ1) is 16.0. The number of ether oxygens (including phenoxy) is 1. The largest absolute Gasteiger partial charge is 0.493 e. The molecule has 0 unspecified atom stereocenters. The Bertz CT molecular complexity index is 1040. The highest BCUT2D eigenvalue weighted by Gasteiger charge is 2.14. The summed E-state index contributed by atoms with van der Waals surface area (Å²) >= 11 is 0. The molecule has 0 aliphatic carbocycles. The van der Waals surface area contributed by atoms with E-state index in [1.807, 2.05) is 54.6 Å². The van der Waals surface area contributed by atoms with E-state index in [2.05, 4.69) is 22.4 Å². The molecule has 0 fully saturated rings. The van der Waals surface area contributed by atoms with Crippen molar-refractivity contribution in [2.24, 2.45) is 0 Å². The third-order valence-electron chi connectivity index (χ3n) is 4.13. The lowest BCUT2D eigenvalue weighted by Crippen LogP contribution is -2.14. The summed E-state index contributed by atoms with van der Waals surface area (Å²) in [6.07, 6.45) is 0.812. The number of carbonyl (C=O) groups excluding carboxylic acids is 1. The molecule has 0 atom stereocenters. The monoisotopic (exact) mass is 343 g/mol. The van der Waals surface area contributed by atoms with Gasteiger partial charge >= 0.3 is 0 Å². The molecule has 0 saturated carbocycles. The van der Waals surface area contributed by atoms with E-state index in [1.54, 1.807) is 12.1 Å². The summed E-state index contributed by atoms with van der Waals surface area (Å²) in [6.45, 7) is 0.550. The molecule has 1 aromatic heterocycles. The van der Waals surface area contributed by atoms with Crippen LogP contribution in [0.2, 0.25) is 0 Å². The topological polar surface area (TPSA) is 57.0 Å². The minimum absolute atomic E-state index is 0.229. The zero-order valence-corrected chi connectivity index (χ0v) is 14.1. The van der Waals surface area contributed by atoms with Crippen molar-refractivity contribution in [3.63, 3.8) is 0 Å². The average Bonchev–Trinajstić information content (AvgIpc) is 3.13. The van der Waals surface area contributed by atoms with E-state index in [0.717, 1.165) is 6.42 Å². The number of carbonyl (C=O) groups is 1. The van der Waals surface area contributed by atoms with Gasteiger partial charge in [0.2, 0.25) is 0 Å². The number of hydrogen-bond donors (Lipinski definition) is 0. The molecule has 0 N–H and O–H groups in total. The van der Waals surface area contributed by atoms with Crippen molar-refractivity contribution < 1.29 is 9.53 Å². The standard InChI is InChI=1S/C21H17N3O2/c25-21(24-20-12-5-4-11-19(20)22-23-24)17-9-6-10-18(15-17)26-14-13-16-7-2-1-3-8-16/h1-12,15H,13-14H2. The molecule has 5 nitrogen and oxygen atoms in total. The minimum Gasteiger partial charge on any atom is -0.493 e. The summed E-state index contributed by atoms with van der Waals surface area (Å²) in [6, 6.07) is 24.7. The van der Waals surface area contributed by atoms with E-state index >= 15 is 0 Å². The van der Waals surface area contributed by atoms with Crippen LogP contribution in [0.1, 0.15) is 15.9 Å². The highest BCUT2D eigenvalue weighted by molar-refractivity contribution is 6.00. The highest BCUT2D eigenvalue weighted by atomic mass is 16.5. The highest BCUT2D eigenvalue weighted by Crippen LogP contribution is 2.17. The number of para-hydroxylation sites is 1.